The number of aliphatic imine (C=N–C) groups is 1. The SMILES string of the molecule is CCCc1cccc(CCC)c1N=C(C)C1=C(/C=C\C(C)Br)C1N. The van der Waals surface area contributed by atoms with Gasteiger partial charge in [0.15, 0.2) is 0 Å². The van der Waals surface area contributed by atoms with Crippen molar-refractivity contribution in [3.63, 3.8) is 0 Å². The fraction of sp³-hybridized carbons (Fsp3) is 0.476. The number of nitrogens with zero attached hydrogens (tertiary/aromatic N) is 1. The standard InChI is InChI=1S/C21H29BrN2/c1-5-8-16-10-7-11-17(9-6-2)21(16)24-15(4)19-18(20(19)23)13-12-14(3)22/h7,10-14,20H,5-6,8-9,23H2,1-4H3/b13-12-,24-15?. The van der Waals surface area contributed by atoms with Crippen LogP contribution < -0.4 is 5.73 Å². The van der Waals surface area contributed by atoms with Crippen molar-refractivity contribution in [3.05, 3.63) is 52.6 Å². The van der Waals surface area contributed by atoms with E-state index in [0.717, 1.165) is 31.4 Å². The van der Waals surface area contributed by atoms with E-state index in [1.807, 2.05) is 0 Å². The van der Waals surface area contributed by atoms with Crippen LogP contribution in [0.1, 0.15) is 51.7 Å². The van der Waals surface area contributed by atoms with Gasteiger partial charge < -0.3 is 5.73 Å². The second-order valence-corrected chi connectivity index (χ2v) is 7.95. The molecule has 0 saturated carbocycles. The zero-order valence-corrected chi connectivity index (χ0v) is 16.9. The minimum atomic E-state index is 0.0456. The third kappa shape index (κ3) is 4.67. The monoisotopic (exact) mass is 388 g/mol. The number of nitrogens with two attached hydrogens (primary N) is 1. The largest absolute Gasteiger partial charge is 0.320 e. The van der Waals surface area contributed by atoms with Crippen LogP contribution in [0.2, 0.25) is 0 Å². The van der Waals surface area contributed by atoms with Gasteiger partial charge in [-0.15, -0.1) is 0 Å². The second kappa shape index (κ2) is 8.77. The first-order valence-electron chi connectivity index (χ1n) is 8.97. The van der Waals surface area contributed by atoms with Gasteiger partial charge in [0.05, 0.1) is 11.7 Å². The molecule has 1 aromatic carbocycles. The number of para-hydroxylation sites is 1. The van der Waals surface area contributed by atoms with E-state index in [2.05, 4.69) is 74.0 Å². The maximum Gasteiger partial charge on any atom is 0.0696 e. The number of allylic oxidation sites excluding steroid dienone is 1. The molecule has 1 aliphatic carbocycles. The number of benzene rings is 1. The summed E-state index contributed by atoms with van der Waals surface area (Å²) in [6, 6.07) is 6.63. The summed E-state index contributed by atoms with van der Waals surface area (Å²) in [6.07, 6.45) is 8.67. The Balaban J connectivity index is 2.36. The highest BCUT2D eigenvalue weighted by atomic mass is 79.9. The molecule has 2 N–H and O–H groups in total. The average molecular weight is 389 g/mol. The Labute approximate surface area is 155 Å². The Morgan fingerprint density at radius 2 is 1.83 bits per heavy atom. The van der Waals surface area contributed by atoms with E-state index in [-0.39, 0.29) is 6.04 Å². The second-order valence-electron chi connectivity index (χ2n) is 6.51. The topological polar surface area (TPSA) is 38.4 Å². The van der Waals surface area contributed by atoms with Gasteiger partial charge >= 0.3 is 0 Å². The fourth-order valence-corrected chi connectivity index (χ4v) is 3.23. The first-order chi connectivity index (χ1) is 11.5. The van der Waals surface area contributed by atoms with Crippen LogP contribution >= 0.6 is 15.9 Å². The van der Waals surface area contributed by atoms with Crippen LogP contribution in [0, 0.1) is 0 Å². The number of hydrogen-bond acceptors (Lipinski definition) is 2. The van der Waals surface area contributed by atoms with Gasteiger partial charge in [0.1, 0.15) is 0 Å². The van der Waals surface area contributed by atoms with E-state index in [4.69, 9.17) is 10.7 Å². The summed E-state index contributed by atoms with van der Waals surface area (Å²) in [4.78, 5) is 5.38. The molecule has 1 aromatic rings. The Morgan fingerprint density at radius 3 is 2.33 bits per heavy atom. The lowest BCUT2D eigenvalue weighted by atomic mass is 10.0. The molecule has 0 heterocycles. The van der Waals surface area contributed by atoms with Crippen LogP contribution in [0.3, 0.4) is 0 Å². The van der Waals surface area contributed by atoms with Crippen LogP contribution in [0.25, 0.3) is 0 Å². The van der Waals surface area contributed by atoms with E-state index in [1.54, 1.807) is 0 Å². The molecular weight excluding hydrogens is 360 g/mol. The smallest absolute Gasteiger partial charge is 0.0696 e. The van der Waals surface area contributed by atoms with Crippen molar-refractivity contribution in [2.24, 2.45) is 10.7 Å². The van der Waals surface area contributed by atoms with Crippen molar-refractivity contribution in [1.82, 2.24) is 0 Å². The number of halogens is 1. The maximum absolute atomic E-state index is 6.22. The number of rotatable bonds is 8. The molecule has 2 unspecified atom stereocenters. The van der Waals surface area contributed by atoms with Crippen LogP contribution in [0.5, 0.6) is 0 Å². The third-order valence-electron chi connectivity index (χ3n) is 4.33. The molecule has 2 nitrogen and oxygen atoms in total. The molecule has 0 spiro atoms. The van der Waals surface area contributed by atoms with Gasteiger partial charge in [-0.2, -0.15) is 0 Å². The first kappa shape index (κ1) is 19.1. The summed E-state index contributed by atoms with van der Waals surface area (Å²) < 4.78 is 0. The van der Waals surface area contributed by atoms with Gasteiger partial charge in [0.2, 0.25) is 0 Å². The summed E-state index contributed by atoms with van der Waals surface area (Å²) in [7, 11) is 0. The normalized spacial score (nSPS) is 19.2. The van der Waals surface area contributed by atoms with Gasteiger partial charge in [-0.25, -0.2) is 0 Å². The lowest BCUT2D eigenvalue weighted by Crippen LogP contribution is -2.08. The van der Waals surface area contributed by atoms with Crippen molar-refractivity contribution < 1.29 is 0 Å². The fourth-order valence-electron chi connectivity index (χ4n) is 3.08. The lowest BCUT2D eigenvalue weighted by Gasteiger charge is -2.11. The molecule has 2 rings (SSSR count). The third-order valence-corrected chi connectivity index (χ3v) is 4.63. The zero-order valence-electron chi connectivity index (χ0n) is 15.3. The highest BCUT2D eigenvalue weighted by molar-refractivity contribution is 9.09. The van der Waals surface area contributed by atoms with Crippen LogP contribution in [-0.4, -0.2) is 16.6 Å². The number of aryl methyl sites for hydroxylation is 2. The predicted molar refractivity (Wildman–Crippen MR) is 110 cm³/mol. The zero-order chi connectivity index (χ0) is 17.7. The molecule has 0 aromatic heterocycles. The quantitative estimate of drug-likeness (QED) is 0.452. The van der Waals surface area contributed by atoms with Crippen molar-refractivity contribution in [2.75, 3.05) is 0 Å². The van der Waals surface area contributed by atoms with Crippen LogP contribution in [0.4, 0.5) is 5.69 Å². The Bertz CT molecular complexity index is 644. The Kier molecular flexibility index (Phi) is 7.00. The molecule has 3 heteroatoms. The van der Waals surface area contributed by atoms with Gasteiger partial charge in [-0.1, -0.05) is 73.0 Å². The van der Waals surface area contributed by atoms with Gasteiger partial charge in [-0.05, 0) is 49.0 Å². The van der Waals surface area contributed by atoms with Gasteiger partial charge in [0.25, 0.3) is 0 Å². The minimum Gasteiger partial charge on any atom is -0.320 e. The molecule has 0 aliphatic heterocycles. The molecule has 130 valence electrons. The molecule has 2 atom stereocenters. The minimum absolute atomic E-state index is 0.0456. The lowest BCUT2D eigenvalue weighted by molar-refractivity contribution is 0.895. The van der Waals surface area contributed by atoms with E-state index in [9.17, 15) is 0 Å². The van der Waals surface area contributed by atoms with E-state index in [1.165, 1.54) is 28.0 Å². The maximum atomic E-state index is 6.22. The molecule has 0 bridgehead atoms. The predicted octanol–water partition coefficient (Wildman–Crippen LogP) is 5.66. The van der Waals surface area contributed by atoms with Crippen molar-refractivity contribution in [2.45, 2.75) is 64.2 Å². The molecule has 0 fully saturated rings. The summed E-state index contributed by atoms with van der Waals surface area (Å²) in [6.45, 7) is 8.63. The summed E-state index contributed by atoms with van der Waals surface area (Å²) in [5.41, 5.74) is 13.6. The summed E-state index contributed by atoms with van der Waals surface area (Å²) >= 11 is 3.53. The van der Waals surface area contributed by atoms with Crippen LogP contribution in [0.15, 0.2) is 46.5 Å². The summed E-state index contributed by atoms with van der Waals surface area (Å²) in [5.74, 6) is 0. The Morgan fingerprint density at radius 1 is 1.25 bits per heavy atom. The van der Waals surface area contributed by atoms with E-state index in [0.29, 0.717) is 4.83 Å². The number of alkyl halides is 1. The molecule has 0 radical (unpaired) electrons. The average Bonchev–Trinajstić information content (AvgIpc) is 3.18. The Hall–Kier alpha value is -1.19. The molecule has 0 saturated heterocycles. The molecule has 0 amide bonds. The van der Waals surface area contributed by atoms with Gasteiger partial charge in [0, 0.05) is 10.5 Å². The highest BCUT2D eigenvalue weighted by Crippen LogP contribution is 2.35. The molecule has 1 aliphatic rings. The van der Waals surface area contributed by atoms with Gasteiger partial charge in [-0.3, -0.25) is 4.99 Å². The summed E-state index contributed by atoms with van der Waals surface area (Å²) in [5, 5.41) is 0. The van der Waals surface area contributed by atoms with E-state index < -0.39 is 0 Å². The highest BCUT2D eigenvalue weighted by Gasteiger charge is 2.33. The molecular formula is C21H29BrN2. The van der Waals surface area contributed by atoms with Crippen molar-refractivity contribution in [1.29, 1.82) is 0 Å². The number of hydrogen-bond donors (Lipinski definition) is 1. The van der Waals surface area contributed by atoms with Crippen LogP contribution in [-0.2, 0) is 12.8 Å². The van der Waals surface area contributed by atoms with Crippen molar-refractivity contribution in [3.8, 4) is 0 Å². The van der Waals surface area contributed by atoms with Crippen molar-refractivity contribution >= 4 is 27.3 Å². The molecule has 24 heavy (non-hydrogen) atoms. The van der Waals surface area contributed by atoms with E-state index >= 15 is 0 Å². The first-order valence-corrected chi connectivity index (χ1v) is 9.89.